The highest BCUT2D eigenvalue weighted by Gasteiger charge is 2.06. The minimum absolute atomic E-state index is 0.440. The highest BCUT2D eigenvalue weighted by Crippen LogP contribution is 2.18. The van der Waals surface area contributed by atoms with E-state index in [9.17, 15) is 0 Å². The van der Waals surface area contributed by atoms with Crippen LogP contribution in [0.5, 0.6) is 0 Å². The Balaban J connectivity index is 2.43. The Labute approximate surface area is 78.0 Å². The Morgan fingerprint density at radius 3 is 2.92 bits per heavy atom. The van der Waals surface area contributed by atoms with Crippen molar-refractivity contribution in [1.29, 1.82) is 0 Å². The van der Waals surface area contributed by atoms with Crippen molar-refractivity contribution in [2.24, 2.45) is 7.05 Å². The molecule has 62 valence electrons. The second kappa shape index (κ2) is 2.84. The lowest BCUT2D eigenvalue weighted by molar-refractivity contribution is 0.769. The van der Waals surface area contributed by atoms with Gasteiger partial charge in [-0.15, -0.1) is 0 Å². The van der Waals surface area contributed by atoms with Gasteiger partial charge in [-0.3, -0.25) is 4.68 Å². The zero-order chi connectivity index (χ0) is 8.55. The third kappa shape index (κ3) is 1.33. The number of rotatable bonds is 1. The Kier molecular flexibility index (Phi) is 1.82. The maximum absolute atomic E-state index is 5.63. The molecule has 0 atom stereocenters. The van der Waals surface area contributed by atoms with Gasteiger partial charge in [0.15, 0.2) is 5.82 Å². The number of halogens is 1. The molecule has 0 spiro atoms. The zero-order valence-corrected chi connectivity index (χ0v) is 7.80. The molecular weight excluding hydrogens is 196 g/mol. The van der Waals surface area contributed by atoms with Crippen LogP contribution < -0.4 is 0 Å². The topological polar surface area (TPSA) is 43.6 Å². The molecule has 0 radical (unpaired) electrons. The van der Waals surface area contributed by atoms with Crippen molar-refractivity contribution in [1.82, 2.24) is 19.1 Å². The van der Waals surface area contributed by atoms with Gasteiger partial charge in [0.1, 0.15) is 5.69 Å². The summed E-state index contributed by atoms with van der Waals surface area (Å²) in [5.41, 5.74) is 0.751. The average Bonchev–Trinajstić information content (AvgIpc) is 2.58. The highest BCUT2D eigenvalue weighted by molar-refractivity contribution is 7.10. The monoisotopic (exact) mass is 200 g/mol. The van der Waals surface area contributed by atoms with E-state index in [1.54, 1.807) is 4.68 Å². The Morgan fingerprint density at radius 1 is 1.58 bits per heavy atom. The molecule has 2 aromatic heterocycles. The lowest BCUT2D eigenvalue weighted by Crippen LogP contribution is -1.88. The van der Waals surface area contributed by atoms with Crippen LogP contribution >= 0.6 is 23.1 Å². The summed E-state index contributed by atoms with van der Waals surface area (Å²) in [6.45, 7) is 0. The summed E-state index contributed by atoms with van der Waals surface area (Å²) >= 11 is 6.79. The van der Waals surface area contributed by atoms with E-state index in [2.05, 4.69) is 14.5 Å². The summed E-state index contributed by atoms with van der Waals surface area (Å²) < 4.78 is 6.16. The first-order chi connectivity index (χ1) is 5.75. The molecular formula is C6H5ClN4S. The van der Waals surface area contributed by atoms with Gasteiger partial charge >= 0.3 is 0 Å². The summed E-state index contributed by atoms with van der Waals surface area (Å²) in [5.74, 6) is 0.589. The van der Waals surface area contributed by atoms with E-state index in [1.165, 1.54) is 0 Å². The van der Waals surface area contributed by atoms with Crippen molar-refractivity contribution in [2.45, 2.75) is 0 Å². The van der Waals surface area contributed by atoms with Gasteiger partial charge in [0.25, 0.3) is 0 Å². The number of aryl methyl sites for hydroxylation is 1. The van der Waals surface area contributed by atoms with E-state index in [4.69, 9.17) is 11.6 Å². The SMILES string of the molecule is Cn1ccc(-c2nsc(Cl)n2)n1. The minimum Gasteiger partial charge on any atom is -0.275 e. The molecule has 2 aromatic rings. The fourth-order valence-corrected chi connectivity index (χ4v) is 1.45. The predicted molar refractivity (Wildman–Crippen MR) is 47.1 cm³/mol. The van der Waals surface area contributed by atoms with Crippen molar-refractivity contribution in [2.75, 3.05) is 0 Å². The predicted octanol–water partition coefficient (Wildman–Crippen LogP) is 1.59. The van der Waals surface area contributed by atoms with Gasteiger partial charge in [-0.25, -0.2) is 4.98 Å². The van der Waals surface area contributed by atoms with Crippen molar-refractivity contribution in [3.8, 4) is 11.5 Å². The lowest BCUT2D eigenvalue weighted by atomic mass is 10.4. The van der Waals surface area contributed by atoms with Gasteiger partial charge in [0, 0.05) is 13.2 Å². The Morgan fingerprint density at radius 2 is 2.42 bits per heavy atom. The van der Waals surface area contributed by atoms with Crippen LogP contribution in [0.2, 0.25) is 4.47 Å². The fourth-order valence-electron chi connectivity index (χ4n) is 0.843. The standard InChI is InChI=1S/C6H5ClN4S/c1-11-3-2-4(9-11)5-8-6(7)12-10-5/h2-3H,1H3. The molecule has 4 nitrogen and oxygen atoms in total. The van der Waals surface area contributed by atoms with Crippen LogP contribution in [-0.2, 0) is 7.05 Å². The van der Waals surface area contributed by atoms with E-state index >= 15 is 0 Å². The molecule has 0 N–H and O–H groups in total. The molecule has 0 bridgehead atoms. The maximum atomic E-state index is 5.63. The van der Waals surface area contributed by atoms with Gasteiger partial charge in [0.05, 0.1) is 0 Å². The van der Waals surface area contributed by atoms with E-state index in [0.29, 0.717) is 10.3 Å². The quantitative estimate of drug-likeness (QED) is 0.702. The van der Waals surface area contributed by atoms with E-state index in [-0.39, 0.29) is 0 Å². The third-order valence-corrected chi connectivity index (χ3v) is 2.14. The maximum Gasteiger partial charge on any atom is 0.203 e. The summed E-state index contributed by atoms with van der Waals surface area (Å²) in [4.78, 5) is 3.99. The van der Waals surface area contributed by atoms with Gasteiger partial charge in [-0.2, -0.15) is 9.47 Å². The first-order valence-corrected chi connectivity index (χ1v) is 4.40. The first kappa shape index (κ1) is 7.70. The van der Waals surface area contributed by atoms with Crippen LogP contribution in [0, 0.1) is 0 Å². The van der Waals surface area contributed by atoms with Crippen LogP contribution in [0.3, 0.4) is 0 Å². The second-order valence-electron chi connectivity index (χ2n) is 2.25. The van der Waals surface area contributed by atoms with Crippen molar-refractivity contribution < 1.29 is 0 Å². The van der Waals surface area contributed by atoms with Crippen LogP contribution in [0.15, 0.2) is 12.3 Å². The third-order valence-electron chi connectivity index (χ3n) is 1.34. The molecule has 2 rings (SSSR count). The molecule has 0 aliphatic heterocycles. The molecule has 0 fully saturated rings. The molecule has 12 heavy (non-hydrogen) atoms. The summed E-state index contributed by atoms with van der Waals surface area (Å²) in [7, 11) is 1.84. The molecule has 0 aliphatic rings. The van der Waals surface area contributed by atoms with Gasteiger partial charge in [-0.05, 0) is 29.2 Å². The molecule has 0 aromatic carbocycles. The summed E-state index contributed by atoms with van der Waals surface area (Å²) in [5, 5.41) is 4.13. The average molecular weight is 201 g/mol. The molecule has 6 heteroatoms. The number of aromatic nitrogens is 4. The first-order valence-electron chi connectivity index (χ1n) is 3.25. The van der Waals surface area contributed by atoms with Gasteiger partial charge < -0.3 is 0 Å². The van der Waals surface area contributed by atoms with Crippen LogP contribution in [0.25, 0.3) is 11.5 Å². The summed E-state index contributed by atoms with van der Waals surface area (Å²) in [6.07, 6.45) is 1.84. The lowest BCUT2D eigenvalue weighted by Gasteiger charge is -1.85. The Hall–Kier alpha value is -0.940. The van der Waals surface area contributed by atoms with Crippen LogP contribution in [0.4, 0.5) is 0 Å². The molecule has 2 heterocycles. The molecule has 0 unspecified atom stereocenters. The van der Waals surface area contributed by atoms with Crippen molar-refractivity contribution in [3.63, 3.8) is 0 Å². The van der Waals surface area contributed by atoms with Crippen LogP contribution in [0.1, 0.15) is 0 Å². The molecule has 0 amide bonds. The van der Waals surface area contributed by atoms with Crippen molar-refractivity contribution >= 4 is 23.1 Å². The highest BCUT2D eigenvalue weighted by atomic mass is 35.5. The van der Waals surface area contributed by atoms with Crippen molar-refractivity contribution in [3.05, 3.63) is 16.7 Å². The Bertz CT molecular complexity index is 355. The molecule has 0 saturated carbocycles. The van der Waals surface area contributed by atoms with E-state index in [1.807, 2.05) is 19.3 Å². The smallest absolute Gasteiger partial charge is 0.203 e. The second-order valence-corrected chi connectivity index (χ2v) is 3.58. The number of hydrogen-bond donors (Lipinski definition) is 0. The van der Waals surface area contributed by atoms with E-state index < -0.39 is 0 Å². The fraction of sp³-hybridized carbons (Fsp3) is 0.167. The largest absolute Gasteiger partial charge is 0.275 e. The number of hydrogen-bond acceptors (Lipinski definition) is 4. The van der Waals surface area contributed by atoms with Gasteiger partial charge in [0.2, 0.25) is 4.47 Å². The minimum atomic E-state index is 0.440. The normalized spacial score (nSPS) is 10.5. The molecule has 0 saturated heterocycles. The van der Waals surface area contributed by atoms with E-state index in [0.717, 1.165) is 17.2 Å². The molecule has 0 aliphatic carbocycles. The van der Waals surface area contributed by atoms with Crippen LogP contribution in [-0.4, -0.2) is 19.1 Å². The summed E-state index contributed by atoms with van der Waals surface area (Å²) in [6, 6.07) is 1.85. The van der Waals surface area contributed by atoms with Gasteiger partial charge in [-0.1, -0.05) is 0 Å². The zero-order valence-electron chi connectivity index (χ0n) is 6.23. The number of nitrogens with zero attached hydrogens (tertiary/aromatic N) is 4.